The van der Waals surface area contributed by atoms with Crippen LogP contribution in [0.3, 0.4) is 0 Å². The van der Waals surface area contributed by atoms with Gasteiger partial charge >= 0.3 is 0 Å². The van der Waals surface area contributed by atoms with Crippen LogP contribution in [-0.2, 0) is 0 Å². The molecule has 0 aliphatic heterocycles. The molecule has 0 N–H and O–H groups in total. The Labute approximate surface area is 109 Å². The van der Waals surface area contributed by atoms with E-state index < -0.39 is 0 Å². The first-order chi connectivity index (χ1) is 8.79. The number of rotatable bonds is 2. The molecular weight excluding hydrogens is 248 g/mol. The number of fused-ring (bicyclic) bond motifs is 1. The van der Waals surface area contributed by atoms with Crippen molar-refractivity contribution >= 4 is 22.5 Å². The molecule has 0 fully saturated rings. The second-order valence-electron chi connectivity index (χ2n) is 3.55. The van der Waals surface area contributed by atoms with Gasteiger partial charge in [0.15, 0.2) is 0 Å². The zero-order valence-electron chi connectivity index (χ0n) is 9.47. The minimum atomic E-state index is 0.397. The molecule has 0 saturated heterocycles. The summed E-state index contributed by atoms with van der Waals surface area (Å²) in [5.41, 5.74) is 9.87. The lowest BCUT2D eigenvalue weighted by Gasteiger charge is -1.98. The van der Waals surface area contributed by atoms with Gasteiger partial charge in [-0.3, -0.25) is 0 Å². The van der Waals surface area contributed by atoms with E-state index in [-0.39, 0.29) is 0 Å². The van der Waals surface area contributed by atoms with Gasteiger partial charge in [-0.15, -0.1) is 0 Å². The SMILES string of the molecule is [N-]=[N+]=NCCC#Cc1ccc2nc(Cl)ccc2c1. The van der Waals surface area contributed by atoms with Crippen LogP contribution in [0.1, 0.15) is 12.0 Å². The summed E-state index contributed by atoms with van der Waals surface area (Å²) in [4.78, 5) is 6.87. The number of nitrogens with zero attached hydrogens (tertiary/aromatic N) is 4. The fraction of sp³-hybridized carbons (Fsp3) is 0.154. The van der Waals surface area contributed by atoms with Gasteiger partial charge in [-0.1, -0.05) is 28.6 Å². The smallest absolute Gasteiger partial charge is 0.129 e. The molecule has 1 heterocycles. The molecule has 0 unspecified atom stereocenters. The molecule has 4 nitrogen and oxygen atoms in total. The Morgan fingerprint density at radius 3 is 3.06 bits per heavy atom. The summed E-state index contributed by atoms with van der Waals surface area (Å²) in [6.07, 6.45) is 0.557. The van der Waals surface area contributed by atoms with Crippen LogP contribution in [0, 0.1) is 11.8 Å². The molecule has 0 atom stereocenters. The molecule has 0 radical (unpaired) electrons. The summed E-state index contributed by atoms with van der Waals surface area (Å²) in [5.74, 6) is 5.97. The van der Waals surface area contributed by atoms with Gasteiger partial charge in [0.2, 0.25) is 0 Å². The second-order valence-corrected chi connectivity index (χ2v) is 3.93. The largest absolute Gasteiger partial charge is 0.236 e. The average Bonchev–Trinajstić information content (AvgIpc) is 2.38. The number of halogens is 1. The number of pyridine rings is 1. The zero-order chi connectivity index (χ0) is 12.8. The fourth-order valence-electron chi connectivity index (χ4n) is 1.49. The van der Waals surface area contributed by atoms with Crippen LogP contribution in [0.2, 0.25) is 5.15 Å². The van der Waals surface area contributed by atoms with Crippen LogP contribution in [0.5, 0.6) is 0 Å². The van der Waals surface area contributed by atoms with Crippen molar-refractivity contribution in [2.24, 2.45) is 5.11 Å². The lowest BCUT2D eigenvalue weighted by Crippen LogP contribution is -1.81. The third-order valence-corrected chi connectivity index (χ3v) is 2.50. The maximum atomic E-state index is 8.12. The highest BCUT2D eigenvalue weighted by Crippen LogP contribution is 2.16. The Balaban J connectivity index is 2.19. The summed E-state index contributed by atoms with van der Waals surface area (Å²) < 4.78 is 0. The molecule has 18 heavy (non-hydrogen) atoms. The van der Waals surface area contributed by atoms with E-state index in [0.717, 1.165) is 16.5 Å². The van der Waals surface area contributed by atoms with Crippen LogP contribution in [0.25, 0.3) is 21.3 Å². The normalized spacial score (nSPS) is 9.39. The number of benzene rings is 1. The van der Waals surface area contributed by atoms with Gasteiger partial charge < -0.3 is 0 Å². The van der Waals surface area contributed by atoms with Gasteiger partial charge in [0.25, 0.3) is 0 Å². The molecular formula is C13H9ClN4. The van der Waals surface area contributed by atoms with Crippen molar-refractivity contribution in [1.29, 1.82) is 0 Å². The molecule has 0 spiro atoms. The predicted molar refractivity (Wildman–Crippen MR) is 72.3 cm³/mol. The van der Waals surface area contributed by atoms with Crippen molar-refractivity contribution in [3.63, 3.8) is 0 Å². The first-order valence-corrected chi connectivity index (χ1v) is 5.73. The van der Waals surface area contributed by atoms with Crippen molar-refractivity contribution in [3.8, 4) is 11.8 Å². The Hall–Kier alpha value is -2.21. The molecule has 1 aromatic carbocycles. The molecule has 2 rings (SSSR count). The lowest BCUT2D eigenvalue weighted by molar-refractivity contribution is 1.01. The van der Waals surface area contributed by atoms with Crippen LogP contribution >= 0.6 is 11.6 Å². The number of hydrogen-bond donors (Lipinski definition) is 0. The number of hydrogen-bond acceptors (Lipinski definition) is 2. The Morgan fingerprint density at radius 1 is 1.33 bits per heavy atom. The van der Waals surface area contributed by atoms with Gasteiger partial charge in [-0.25, -0.2) is 4.98 Å². The summed E-state index contributed by atoms with van der Waals surface area (Å²) in [6.45, 7) is 0.397. The van der Waals surface area contributed by atoms with E-state index in [1.807, 2.05) is 24.3 Å². The van der Waals surface area contributed by atoms with Crippen molar-refractivity contribution in [3.05, 3.63) is 51.5 Å². The van der Waals surface area contributed by atoms with Crippen LogP contribution in [-0.4, -0.2) is 11.5 Å². The van der Waals surface area contributed by atoms with E-state index in [1.54, 1.807) is 6.07 Å². The molecule has 5 heteroatoms. The minimum Gasteiger partial charge on any atom is -0.236 e. The second kappa shape index (κ2) is 5.92. The van der Waals surface area contributed by atoms with E-state index in [4.69, 9.17) is 17.1 Å². The van der Waals surface area contributed by atoms with Gasteiger partial charge in [-0.05, 0) is 35.9 Å². The highest BCUT2D eigenvalue weighted by atomic mass is 35.5. The number of azide groups is 1. The summed E-state index contributed by atoms with van der Waals surface area (Å²) in [6, 6.07) is 9.41. The van der Waals surface area contributed by atoms with E-state index in [0.29, 0.717) is 18.1 Å². The Kier molecular flexibility index (Phi) is 4.03. The van der Waals surface area contributed by atoms with E-state index in [9.17, 15) is 0 Å². The van der Waals surface area contributed by atoms with E-state index in [2.05, 4.69) is 26.9 Å². The van der Waals surface area contributed by atoms with E-state index in [1.165, 1.54) is 0 Å². The molecule has 88 valence electrons. The lowest BCUT2D eigenvalue weighted by atomic mass is 10.1. The highest BCUT2D eigenvalue weighted by molar-refractivity contribution is 6.29. The average molecular weight is 257 g/mol. The van der Waals surface area contributed by atoms with Crippen molar-refractivity contribution < 1.29 is 0 Å². The molecule has 0 saturated carbocycles. The first kappa shape index (κ1) is 12.3. The van der Waals surface area contributed by atoms with Gasteiger partial charge in [0.05, 0.1) is 5.52 Å². The van der Waals surface area contributed by atoms with Gasteiger partial charge in [-0.2, -0.15) is 0 Å². The molecule has 0 aliphatic carbocycles. The van der Waals surface area contributed by atoms with Crippen LogP contribution < -0.4 is 0 Å². The fourth-order valence-corrected chi connectivity index (χ4v) is 1.65. The molecule has 2 aromatic rings. The molecule has 0 aliphatic rings. The van der Waals surface area contributed by atoms with Crippen molar-refractivity contribution in [2.75, 3.05) is 6.54 Å². The van der Waals surface area contributed by atoms with Crippen molar-refractivity contribution in [2.45, 2.75) is 6.42 Å². The standard InChI is InChI=1S/C13H9ClN4/c14-13-7-5-11-9-10(4-6-12(11)17-13)3-1-2-8-16-18-15/h4-7,9H,2,8H2. The van der Waals surface area contributed by atoms with E-state index >= 15 is 0 Å². The number of aromatic nitrogens is 1. The van der Waals surface area contributed by atoms with Gasteiger partial charge in [0.1, 0.15) is 5.15 Å². The van der Waals surface area contributed by atoms with Crippen LogP contribution in [0.15, 0.2) is 35.4 Å². The summed E-state index contributed by atoms with van der Waals surface area (Å²) >= 11 is 5.81. The molecule has 0 amide bonds. The predicted octanol–water partition coefficient (Wildman–Crippen LogP) is 3.94. The third-order valence-electron chi connectivity index (χ3n) is 2.29. The topological polar surface area (TPSA) is 61.7 Å². The maximum Gasteiger partial charge on any atom is 0.129 e. The van der Waals surface area contributed by atoms with Crippen LogP contribution in [0.4, 0.5) is 0 Å². The summed E-state index contributed by atoms with van der Waals surface area (Å²) in [5, 5.41) is 4.90. The third kappa shape index (κ3) is 3.14. The summed E-state index contributed by atoms with van der Waals surface area (Å²) in [7, 11) is 0. The molecule has 0 bridgehead atoms. The highest BCUT2D eigenvalue weighted by Gasteiger charge is 1.96. The maximum absolute atomic E-state index is 8.12. The monoisotopic (exact) mass is 256 g/mol. The Morgan fingerprint density at radius 2 is 2.22 bits per heavy atom. The molecule has 1 aromatic heterocycles. The Bertz CT molecular complexity index is 678. The quantitative estimate of drug-likeness (QED) is 0.200. The zero-order valence-corrected chi connectivity index (χ0v) is 10.2. The minimum absolute atomic E-state index is 0.397. The van der Waals surface area contributed by atoms with Crippen molar-refractivity contribution in [1.82, 2.24) is 4.98 Å². The first-order valence-electron chi connectivity index (χ1n) is 5.35. The van der Waals surface area contributed by atoms with Gasteiger partial charge in [0, 0.05) is 28.8 Å².